The summed E-state index contributed by atoms with van der Waals surface area (Å²) in [6.07, 6.45) is 33.5. The van der Waals surface area contributed by atoms with Crippen molar-refractivity contribution in [3.63, 3.8) is 0 Å². The Morgan fingerprint density at radius 1 is 0.867 bits per heavy atom. The van der Waals surface area contributed by atoms with Crippen LogP contribution in [0.4, 0.5) is 0 Å². The third-order valence-corrected chi connectivity index (χ3v) is 8.12. The smallest absolute Gasteiger partial charge is 0.250 e. The number of nitrogens with two attached hydrogens (primary N) is 1. The Bertz CT molecular complexity index is 1520. The van der Waals surface area contributed by atoms with Gasteiger partial charge in [-0.15, -0.1) is 0 Å². The molecule has 6 heteroatoms. The number of allylic oxidation sites excluding steroid dienone is 10. The zero-order valence-corrected chi connectivity index (χ0v) is 26.7. The zero-order valence-electron chi connectivity index (χ0n) is 26.7. The molecule has 1 fully saturated rings. The number of aromatic nitrogens is 2. The maximum atomic E-state index is 13.0. The highest BCUT2D eigenvalue weighted by Gasteiger charge is 2.24. The number of likely N-dealkylation sites (tertiary alicyclic amines) is 1. The lowest BCUT2D eigenvalue weighted by Crippen LogP contribution is -2.39. The second-order valence-corrected chi connectivity index (χ2v) is 11.6. The van der Waals surface area contributed by atoms with E-state index in [1.165, 1.54) is 5.56 Å². The first kappa shape index (κ1) is 33.4. The van der Waals surface area contributed by atoms with E-state index in [9.17, 15) is 9.59 Å². The number of rotatable bonds is 16. The third-order valence-electron chi connectivity index (χ3n) is 8.12. The standard InChI is InChI=1S/C39H48N4O2/c1-2-3-4-5-6-7-8-9-10-11-12-13-14-15-16-17-18-24-37(44)42-29-20-22-33(30-42)32-25-27-35(28-26-32)43-31-34-21-19-23-36(39(40)45)38(34)41-43/h3-4,6-7,9-10,12-13,15-16,19,21,23,25-28,31,33H,2,5,8,11,14,17-18,20,22,24,29-30H2,1H3,(H2,40,45)/b4-3-,7-6-,10-9-,13-12-,16-15-. The van der Waals surface area contributed by atoms with E-state index in [0.29, 0.717) is 23.4 Å². The summed E-state index contributed by atoms with van der Waals surface area (Å²) in [5.74, 6) is 0.116. The summed E-state index contributed by atoms with van der Waals surface area (Å²) in [5, 5.41) is 5.49. The number of piperidine rings is 1. The molecule has 0 radical (unpaired) electrons. The van der Waals surface area contributed by atoms with Crippen LogP contribution in [0.2, 0.25) is 0 Å². The maximum absolute atomic E-state index is 13.0. The summed E-state index contributed by atoms with van der Waals surface area (Å²) in [6.45, 7) is 3.77. The van der Waals surface area contributed by atoms with Crippen molar-refractivity contribution in [1.82, 2.24) is 14.7 Å². The Hall–Kier alpha value is -4.45. The van der Waals surface area contributed by atoms with E-state index in [1.807, 2.05) is 23.2 Å². The van der Waals surface area contributed by atoms with Gasteiger partial charge in [-0.05, 0) is 81.5 Å². The van der Waals surface area contributed by atoms with E-state index < -0.39 is 5.91 Å². The van der Waals surface area contributed by atoms with Crippen LogP contribution in [0.25, 0.3) is 16.6 Å². The molecule has 1 aliphatic heterocycles. The number of hydrogen-bond acceptors (Lipinski definition) is 3. The second-order valence-electron chi connectivity index (χ2n) is 11.6. The first-order valence-corrected chi connectivity index (χ1v) is 16.5. The van der Waals surface area contributed by atoms with Crippen molar-refractivity contribution in [1.29, 1.82) is 0 Å². The number of fused-ring (bicyclic) bond motifs is 1. The van der Waals surface area contributed by atoms with Gasteiger partial charge < -0.3 is 10.6 Å². The van der Waals surface area contributed by atoms with Crippen molar-refractivity contribution >= 4 is 22.7 Å². The lowest BCUT2D eigenvalue weighted by Gasteiger charge is -2.33. The van der Waals surface area contributed by atoms with E-state index in [0.717, 1.165) is 82.0 Å². The molecule has 236 valence electrons. The van der Waals surface area contributed by atoms with Crippen LogP contribution < -0.4 is 5.73 Å². The fourth-order valence-electron chi connectivity index (χ4n) is 5.65. The third kappa shape index (κ3) is 10.6. The Balaban J connectivity index is 1.14. The van der Waals surface area contributed by atoms with Gasteiger partial charge in [0.1, 0.15) is 5.52 Å². The van der Waals surface area contributed by atoms with Gasteiger partial charge in [-0.1, -0.05) is 91.9 Å². The van der Waals surface area contributed by atoms with Crippen LogP contribution in [0.5, 0.6) is 0 Å². The molecule has 1 unspecified atom stereocenters. The quantitative estimate of drug-likeness (QED) is 0.131. The summed E-state index contributed by atoms with van der Waals surface area (Å²) in [6, 6.07) is 13.8. The van der Waals surface area contributed by atoms with Gasteiger partial charge in [0.05, 0.1) is 11.3 Å². The van der Waals surface area contributed by atoms with Crippen LogP contribution >= 0.6 is 0 Å². The predicted molar refractivity (Wildman–Crippen MR) is 186 cm³/mol. The number of primary amides is 1. The molecule has 2 amide bonds. The summed E-state index contributed by atoms with van der Waals surface area (Å²) in [7, 11) is 0. The lowest BCUT2D eigenvalue weighted by atomic mass is 9.90. The summed E-state index contributed by atoms with van der Waals surface area (Å²) >= 11 is 0. The van der Waals surface area contributed by atoms with Crippen LogP contribution in [0.3, 0.4) is 0 Å². The Labute approximate surface area is 268 Å². The van der Waals surface area contributed by atoms with Crippen molar-refractivity contribution in [2.24, 2.45) is 5.73 Å². The van der Waals surface area contributed by atoms with Crippen LogP contribution in [-0.2, 0) is 4.79 Å². The predicted octanol–water partition coefficient (Wildman–Crippen LogP) is 8.75. The van der Waals surface area contributed by atoms with Gasteiger partial charge in [0, 0.05) is 37.0 Å². The minimum atomic E-state index is -0.480. The molecule has 3 aromatic rings. The molecule has 1 atom stereocenters. The number of unbranched alkanes of at least 4 members (excludes halogenated alkanes) is 1. The van der Waals surface area contributed by atoms with Crippen LogP contribution in [-0.4, -0.2) is 39.6 Å². The molecule has 6 nitrogen and oxygen atoms in total. The number of nitrogens with zero attached hydrogens (tertiary/aromatic N) is 3. The molecule has 2 N–H and O–H groups in total. The number of amides is 2. The summed E-state index contributed by atoms with van der Waals surface area (Å²) < 4.78 is 1.79. The highest BCUT2D eigenvalue weighted by atomic mass is 16.2. The van der Waals surface area contributed by atoms with E-state index >= 15 is 0 Å². The van der Waals surface area contributed by atoms with Crippen LogP contribution in [0.15, 0.2) is 109 Å². The van der Waals surface area contributed by atoms with Gasteiger partial charge in [0.25, 0.3) is 5.91 Å². The van der Waals surface area contributed by atoms with E-state index in [4.69, 9.17) is 5.73 Å². The summed E-state index contributed by atoms with van der Waals surface area (Å²) in [4.78, 5) is 26.8. The minimum absolute atomic E-state index is 0.261. The Kier molecular flexibility index (Phi) is 13.7. The molecular formula is C39H48N4O2. The highest BCUT2D eigenvalue weighted by molar-refractivity contribution is 6.04. The number of carbonyl (C=O) groups excluding carboxylic acids is 2. The number of carbonyl (C=O) groups is 2. The van der Waals surface area contributed by atoms with E-state index in [2.05, 4.69) is 97.0 Å². The average Bonchev–Trinajstić information content (AvgIpc) is 3.51. The fourth-order valence-corrected chi connectivity index (χ4v) is 5.65. The molecule has 1 aliphatic rings. The second kappa shape index (κ2) is 18.4. The molecule has 1 aromatic heterocycles. The molecule has 2 aromatic carbocycles. The maximum Gasteiger partial charge on any atom is 0.250 e. The van der Waals surface area contributed by atoms with Gasteiger partial charge >= 0.3 is 0 Å². The largest absolute Gasteiger partial charge is 0.366 e. The monoisotopic (exact) mass is 604 g/mol. The molecule has 0 spiro atoms. The van der Waals surface area contributed by atoms with Crippen molar-refractivity contribution in [3.8, 4) is 5.69 Å². The van der Waals surface area contributed by atoms with Gasteiger partial charge in [-0.25, -0.2) is 4.68 Å². The SMILES string of the molecule is CC/C=C\C/C=C\C/C=C\C/C=C\C/C=C\CCCC(=O)N1CCCC(c2ccc(-n3cc4cccc(C(N)=O)c4n3)cc2)C1. The van der Waals surface area contributed by atoms with Crippen molar-refractivity contribution in [2.75, 3.05) is 13.1 Å². The van der Waals surface area contributed by atoms with Crippen LogP contribution in [0.1, 0.15) is 93.0 Å². The molecule has 0 aliphatic carbocycles. The first-order chi connectivity index (χ1) is 22.1. The topological polar surface area (TPSA) is 81.2 Å². The zero-order chi connectivity index (χ0) is 31.7. The molecule has 45 heavy (non-hydrogen) atoms. The van der Waals surface area contributed by atoms with Crippen molar-refractivity contribution in [2.45, 2.75) is 77.0 Å². The Morgan fingerprint density at radius 3 is 2.16 bits per heavy atom. The fraction of sp³-hybridized carbons (Fsp3) is 0.359. The molecule has 0 bridgehead atoms. The Morgan fingerprint density at radius 2 is 1.51 bits per heavy atom. The lowest BCUT2D eigenvalue weighted by molar-refractivity contribution is -0.132. The van der Waals surface area contributed by atoms with E-state index in [1.54, 1.807) is 10.7 Å². The van der Waals surface area contributed by atoms with Crippen LogP contribution in [0, 0.1) is 0 Å². The average molecular weight is 605 g/mol. The first-order valence-electron chi connectivity index (χ1n) is 16.5. The molecule has 4 rings (SSSR count). The molecule has 2 heterocycles. The molecule has 0 saturated carbocycles. The van der Waals surface area contributed by atoms with Crippen molar-refractivity contribution < 1.29 is 9.59 Å². The number of hydrogen-bond donors (Lipinski definition) is 1. The molecular weight excluding hydrogens is 556 g/mol. The minimum Gasteiger partial charge on any atom is -0.366 e. The normalized spacial score (nSPS) is 16.0. The van der Waals surface area contributed by atoms with E-state index in [-0.39, 0.29) is 5.91 Å². The van der Waals surface area contributed by atoms with Gasteiger partial charge in [0.15, 0.2) is 0 Å². The highest BCUT2D eigenvalue weighted by Crippen LogP contribution is 2.28. The van der Waals surface area contributed by atoms with Gasteiger partial charge in [-0.2, -0.15) is 5.10 Å². The molecule has 1 saturated heterocycles. The van der Waals surface area contributed by atoms with Gasteiger partial charge in [-0.3, -0.25) is 9.59 Å². The van der Waals surface area contributed by atoms with Gasteiger partial charge in [0.2, 0.25) is 5.91 Å². The van der Waals surface area contributed by atoms with Crippen molar-refractivity contribution in [3.05, 3.63) is 121 Å². The number of benzene rings is 2. The summed E-state index contributed by atoms with van der Waals surface area (Å²) in [5.41, 5.74) is 8.72.